The Morgan fingerprint density at radius 2 is 2.21 bits per heavy atom. The average molecular weight is 191 g/mol. The molecule has 5 nitrogen and oxygen atoms in total. The van der Waals surface area contributed by atoms with Crippen LogP contribution in [0.2, 0.25) is 0 Å². The Morgan fingerprint density at radius 3 is 2.86 bits per heavy atom. The number of aromatic nitrogens is 3. The van der Waals surface area contributed by atoms with E-state index >= 15 is 0 Å². The Balaban J connectivity index is 2.80. The molecular formula is C9H9N3O2. The zero-order valence-corrected chi connectivity index (χ0v) is 7.85. The summed E-state index contributed by atoms with van der Waals surface area (Å²) in [6.45, 7) is 3.57. The first kappa shape index (κ1) is 8.68. The van der Waals surface area contributed by atoms with Gasteiger partial charge in [0.2, 0.25) is 0 Å². The van der Waals surface area contributed by atoms with Gasteiger partial charge < -0.3 is 9.51 Å². The molecular weight excluding hydrogens is 182 g/mol. The van der Waals surface area contributed by atoms with Crippen LogP contribution in [0, 0.1) is 13.8 Å². The minimum absolute atomic E-state index is 0.0809. The molecule has 0 aliphatic rings. The van der Waals surface area contributed by atoms with Crippen LogP contribution >= 0.6 is 0 Å². The fraction of sp³-hybridized carbons (Fsp3) is 0.222. The van der Waals surface area contributed by atoms with Crippen molar-refractivity contribution in [3.05, 3.63) is 29.5 Å². The van der Waals surface area contributed by atoms with Crippen molar-refractivity contribution < 1.29 is 9.90 Å². The van der Waals surface area contributed by atoms with Crippen molar-refractivity contribution in [1.82, 2.24) is 14.4 Å². The normalized spacial score (nSPS) is 10.7. The predicted molar refractivity (Wildman–Crippen MR) is 49.4 cm³/mol. The number of carboxylic acid groups (broad SMARTS) is 1. The Morgan fingerprint density at radius 1 is 1.50 bits per heavy atom. The molecule has 72 valence electrons. The van der Waals surface area contributed by atoms with Gasteiger partial charge in [0.15, 0.2) is 11.3 Å². The highest BCUT2D eigenvalue weighted by Crippen LogP contribution is 2.11. The highest BCUT2D eigenvalue weighted by Gasteiger charge is 2.14. The third-order valence-corrected chi connectivity index (χ3v) is 2.08. The number of rotatable bonds is 1. The van der Waals surface area contributed by atoms with Gasteiger partial charge in [0, 0.05) is 6.20 Å². The Kier molecular flexibility index (Phi) is 1.73. The van der Waals surface area contributed by atoms with Crippen molar-refractivity contribution in [3.63, 3.8) is 0 Å². The first-order chi connectivity index (χ1) is 6.59. The first-order valence-corrected chi connectivity index (χ1v) is 4.14. The van der Waals surface area contributed by atoms with E-state index in [0.717, 1.165) is 5.69 Å². The number of carbonyl (C=O) groups is 1. The van der Waals surface area contributed by atoms with Crippen molar-refractivity contribution in [3.8, 4) is 0 Å². The largest absolute Gasteiger partial charge is 0.476 e. The van der Waals surface area contributed by atoms with Crippen LogP contribution in [0.4, 0.5) is 0 Å². The smallest absolute Gasteiger partial charge is 0.356 e. The molecule has 0 amide bonds. The van der Waals surface area contributed by atoms with E-state index in [1.54, 1.807) is 23.7 Å². The summed E-state index contributed by atoms with van der Waals surface area (Å²) in [5.74, 6) is -1.01. The molecule has 0 unspecified atom stereocenters. The molecule has 2 heterocycles. The second-order valence-electron chi connectivity index (χ2n) is 3.11. The van der Waals surface area contributed by atoms with Crippen LogP contribution in [0.3, 0.4) is 0 Å². The molecule has 0 atom stereocenters. The quantitative estimate of drug-likeness (QED) is 0.731. The molecule has 0 radical (unpaired) electrons. The third kappa shape index (κ3) is 1.14. The van der Waals surface area contributed by atoms with Crippen LogP contribution in [0.5, 0.6) is 0 Å². The predicted octanol–water partition coefficient (Wildman–Crippen LogP) is 1.04. The second-order valence-corrected chi connectivity index (χ2v) is 3.11. The number of fused-ring (bicyclic) bond motifs is 1. The molecule has 14 heavy (non-hydrogen) atoms. The molecule has 2 aromatic heterocycles. The van der Waals surface area contributed by atoms with Gasteiger partial charge in [0.1, 0.15) is 0 Å². The number of carboxylic acids is 1. The van der Waals surface area contributed by atoms with Gasteiger partial charge in [0.25, 0.3) is 0 Å². The van der Waals surface area contributed by atoms with Crippen LogP contribution in [-0.4, -0.2) is 25.4 Å². The van der Waals surface area contributed by atoms with Crippen molar-refractivity contribution in [1.29, 1.82) is 0 Å². The zero-order valence-electron chi connectivity index (χ0n) is 7.85. The number of aromatic carboxylic acids is 1. The summed E-state index contributed by atoms with van der Waals surface area (Å²) >= 11 is 0. The van der Waals surface area contributed by atoms with E-state index in [1.807, 2.05) is 6.92 Å². The highest BCUT2D eigenvalue weighted by molar-refractivity contribution is 5.87. The lowest BCUT2D eigenvalue weighted by atomic mass is 10.3. The van der Waals surface area contributed by atoms with Gasteiger partial charge >= 0.3 is 5.97 Å². The van der Waals surface area contributed by atoms with Gasteiger partial charge in [-0.1, -0.05) is 0 Å². The van der Waals surface area contributed by atoms with E-state index in [2.05, 4.69) is 9.97 Å². The highest BCUT2D eigenvalue weighted by atomic mass is 16.4. The standard InChI is InChI=1S/C9H9N3O2/c1-5-4-12-6(2)8(9(13)14)11-7(12)3-10-5/h3-4H,1-2H3,(H,13,14). The average Bonchev–Trinajstić information content (AvgIpc) is 2.44. The fourth-order valence-electron chi connectivity index (χ4n) is 1.37. The lowest BCUT2D eigenvalue weighted by Crippen LogP contribution is -1.99. The molecule has 0 aliphatic heterocycles. The summed E-state index contributed by atoms with van der Waals surface area (Å²) in [7, 11) is 0. The Bertz CT molecular complexity index is 516. The van der Waals surface area contributed by atoms with Crippen LogP contribution in [-0.2, 0) is 0 Å². The molecule has 0 aromatic carbocycles. The number of hydrogen-bond donors (Lipinski definition) is 1. The van der Waals surface area contributed by atoms with Crippen molar-refractivity contribution in [2.24, 2.45) is 0 Å². The molecule has 1 N–H and O–H groups in total. The molecule has 0 saturated carbocycles. The van der Waals surface area contributed by atoms with E-state index in [9.17, 15) is 4.79 Å². The number of hydrogen-bond acceptors (Lipinski definition) is 3. The summed E-state index contributed by atoms with van der Waals surface area (Å²) in [6.07, 6.45) is 3.33. The lowest BCUT2D eigenvalue weighted by molar-refractivity contribution is 0.0690. The minimum atomic E-state index is -1.01. The summed E-state index contributed by atoms with van der Waals surface area (Å²) in [5.41, 5.74) is 2.09. The van der Waals surface area contributed by atoms with E-state index < -0.39 is 5.97 Å². The summed E-state index contributed by atoms with van der Waals surface area (Å²) in [6, 6.07) is 0. The van der Waals surface area contributed by atoms with E-state index in [0.29, 0.717) is 11.3 Å². The van der Waals surface area contributed by atoms with Crippen LogP contribution in [0.1, 0.15) is 21.9 Å². The van der Waals surface area contributed by atoms with Gasteiger partial charge in [-0.05, 0) is 13.8 Å². The number of imidazole rings is 1. The number of aryl methyl sites for hydroxylation is 2. The van der Waals surface area contributed by atoms with Crippen molar-refractivity contribution in [2.75, 3.05) is 0 Å². The van der Waals surface area contributed by atoms with Crippen molar-refractivity contribution in [2.45, 2.75) is 13.8 Å². The molecule has 5 heteroatoms. The maximum Gasteiger partial charge on any atom is 0.356 e. The van der Waals surface area contributed by atoms with E-state index in [-0.39, 0.29) is 5.69 Å². The third-order valence-electron chi connectivity index (χ3n) is 2.08. The maximum absolute atomic E-state index is 10.8. The van der Waals surface area contributed by atoms with E-state index in [4.69, 9.17) is 5.11 Å². The summed E-state index contributed by atoms with van der Waals surface area (Å²) in [4.78, 5) is 18.8. The van der Waals surface area contributed by atoms with Gasteiger partial charge in [-0.15, -0.1) is 0 Å². The van der Waals surface area contributed by atoms with Gasteiger partial charge in [-0.25, -0.2) is 9.78 Å². The Hall–Kier alpha value is -1.91. The zero-order chi connectivity index (χ0) is 10.3. The molecule has 2 rings (SSSR count). The van der Waals surface area contributed by atoms with Gasteiger partial charge in [-0.3, -0.25) is 4.98 Å². The fourth-order valence-corrected chi connectivity index (χ4v) is 1.37. The van der Waals surface area contributed by atoms with Crippen LogP contribution in [0.25, 0.3) is 5.65 Å². The Labute approximate surface area is 80.0 Å². The second kappa shape index (κ2) is 2.80. The molecule has 0 aliphatic carbocycles. The van der Waals surface area contributed by atoms with Gasteiger partial charge in [0.05, 0.1) is 17.6 Å². The van der Waals surface area contributed by atoms with Crippen molar-refractivity contribution >= 4 is 11.6 Å². The minimum Gasteiger partial charge on any atom is -0.476 e. The molecule has 0 fully saturated rings. The van der Waals surface area contributed by atoms with Gasteiger partial charge in [-0.2, -0.15) is 0 Å². The number of nitrogens with zero attached hydrogens (tertiary/aromatic N) is 3. The van der Waals surface area contributed by atoms with Crippen LogP contribution in [0.15, 0.2) is 12.4 Å². The summed E-state index contributed by atoms with van der Waals surface area (Å²) < 4.78 is 1.73. The molecule has 0 spiro atoms. The van der Waals surface area contributed by atoms with Crippen LogP contribution < -0.4 is 0 Å². The first-order valence-electron chi connectivity index (χ1n) is 4.14. The molecule has 2 aromatic rings. The monoisotopic (exact) mass is 191 g/mol. The molecule has 0 saturated heterocycles. The van der Waals surface area contributed by atoms with E-state index in [1.165, 1.54) is 0 Å². The maximum atomic E-state index is 10.8. The molecule has 0 bridgehead atoms. The topological polar surface area (TPSA) is 67.5 Å². The summed E-state index contributed by atoms with van der Waals surface area (Å²) in [5, 5.41) is 8.84. The SMILES string of the molecule is Cc1cn2c(C)c(C(=O)O)nc2cn1. The lowest BCUT2D eigenvalue weighted by Gasteiger charge is -1.96.